The van der Waals surface area contributed by atoms with Crippen molar-refractivity contribution in [3.05, 3.63) is 41.0 Å². The summed E-state index contributed by atoms with van der Waals surface area (Å²) in [5.74, 6) is -0.174. The summed E-state index contributed by atoms with van der Waals surface area (Å²) in [7, 11) is 0. The molecule has 7 heteroatoms. The molecule has 1 atom stereocenters. The molecule has 2 rings (SSSR count). The summed E-state index contributed by atoms with van der Waals surface area (Å²) in [5.41, 5.74) is 6.80. The predicted octanol–water partition coefficient (Wildman–Crippen LogP) is 3.20. The van der Waals surface area contributed by atoms with Crippen molar-refractivity contribution in [2.24, 2.45) is 5.73 Å². The molecule has 1 aromatic heterocycles. The highest BCUT2D eigenvalue weighted by Gasteiger charge is 2.12. The first-order valence-electron chi connectivity index (χ1n) is 6.16. The van der Waals surface area contributed by atoms with Gasteiger partial charge in [0.1, 0.15) is 0 Å². The first-order chi connectivity index (χ1) is 9.08. The van der Waals surface area contributed by atoms with Gasteiger partial charge in [0.05, 0.1) is 11.1 Å². The SMILES string of the molecule is CC(N)CCNC(=O)c1cc(Cl)cc2cccnc12.Cl.Cl. The molecule has 0 radical (unpaired) electrons. The number of rotatable bonds is 4. The maximum atomic E-state index is 12.1. The van der Waals surface area contributed by atoms with E-state index >= 15 is 0 Å². The zero-order valence-electron chi connectivity index (χ0n) is 11.5. The molecule has 2 aromatic rings. The molecule has 3 N–H and O–H groups in total. The molecule has 0 aliphatic heterocycles. The first-order valence-corrected chi connectivity index (χ1v) is 6.54. The van der Waals surface area contributed by atoms with Crippen molar-refractivity contribution in [3.8, 4) is 0 Å². The summed E-state index contributed by atoms with van der Waals surface area (Å²) in [6.07, 6.45) is 2.40. The fraction of sp³-hybridized carbons (Fsp3) is 0.286. The fourth-order valence-corrected chi connectivity index (χ4v) is 2.06. The zero-order chi connectivity index (χ0) is 13.8. The van der Waals surface area contributed by atoms with Gasteiger partial charge in [-0.25, -0.2) is 0 Å². The minimum absolute atomic E-state index is 0. The van der Waals surface area contributed by atoms with Crippen LogP contribution in [0.15, 0.2) is 30.5 Å². The number of nitrogens with one attached hydrogen (secondary N) is 1. The lowest BCUT2D eigenvalue weighted by atomic mass is 10.1. The van der Waals surface area contributed by atoms with Crippen LogP contribution in [0, 0.1) is 0 Å². The van der Waals surface area contributed by atoms with Gasteiger partial charge >= 0.3 is 0 Å². The van der Waals surface area contributed by atoms with Gasteiger partial charge in [0.15, 0.2) is 0 Å². The Hall–Kier alpha value is -1.07. The largest absolute Gasteiger partial charge is 0.352 e. The highest BCUT2D eigenvalue weighted by Crippen LogP contribution is 2.22. The van der Waals surface area contributed by atoms with Gasteiger partial charge in [0.2, 0.25) is 0 Å². The van der Waals surface area contributed by atoms with Crippen LogP contribution in [0.4, 0.5) is 0 Å². The molecule has 1 unspecified atom stereocenters. The summed E-state index contributed by atoms with van der Waals surface area (Å²) >= 11 is 6.02. The maximum Gasteiger partial charge on any atom is 0.253 e. The van der Waals surface area contributed by atoms with Crippen LogP contribution in [0.2, 0.25) is 5.02 Å². The lowest BCUT2D eigenvalue weighted by Crippen LogP contribution is -2.29. The van der Waals surface area contributed by atoms with Gasteiger partial charge in [-0.3, -0.25) is 9.78 Å². The lowest BCUT2D eigenvalue weighted by molar-refractivity contribution is 0.0954. The molecular weight excluding hydrogens is 333 g/mol. The van der Waals surface area contributed by atoms with Crippen molar-refractivity contribution < 1.29 is 4.79 Å². The predicted molar refractivity (Wildman–Crippen MR) is 91.8 cm³/mol. The highest BCUT2D eigenvalue weighted by atomic mass is 35.5. The third-order valence-corrected chi connectivity index (χ3v) is 3.02. The molecule has 21 heavy (non-hydrogen) atoms. The number of fused-ring (bicyclic) bond motifs is 1. The zero-order valence-corrected chi connectivity index (χ0v) is 13.9. The Labute approximate surface area is 141 Å². The second-order valence-corrected chi connectivity index (χ2v) is 4.99. The average Bonchev–Trinajstić information content (AvgIpc) is 2.37. The molecule has 0 spiro atoms. The van der Waals surface area contributed by atoms with Gasteiger partial charge < -0.3 is 11.1 Å². The molecular formula is C14H18Cl3N3O. The minimum Gasteiger partial charge on any atom is -0.352 e. The van der Waals surface area contributed by atoms with Gasteiger partial charge in [-0.05, 0) is 31.5 Å². The third-order valence-electron chi connectivity index (χ3n) is 2.80. The van der Waals surface area contributed by atoms with E-state index in [-0.39, 0.29) is 36.8 Å². The van der Waals surface area contributed by atoms with Gasteiger partial charge in [0.25, 0.3) is 5.91 Å². The van der Waals surface area contributed by atoms with Gasteiger partial charge in [0, 0.05) is 29.2 Å². The Balaban J connectivity index is 0.00000200. The molecule has 4 nitrogen and oxygen atoms in total. The Kier molecular flexibility index (Phi) is 8.59. The van der Waals surface area contributed by atoms with E-state index in [1.165, 1.54) is 0 Å². The Bertz CT molecular complexity index is 605. The maximum absolute atomic E-state index is 12.1. The first kappa shape index (κ1) is 19.9. The van der Waals surface area contributed by atoms with Crippen LogP contribution >= 0.6 is 36.4 Å². The number of benzene rings is 1. The highest BCUT2D eigenvalue weighted by molar-refractivity contribution is 6.32. The summed E-state index contributed by atoms with van der Waals surface area (Å²) < 4.78 is 0. The summed E-state index contributed by atoms with van der Waals surface area (Å²) in [4.78, 5) is 16.4. The van der Waals surface area contributed by atoms with Gasteiger partial charge in [-0.2, -0.15) is 0 Å². The van der Waals surface area contributed by atoms with E-state index in [1.54, 1.807) is 18.3 Å². The van der Waals surface area contributed by atoms with Crippen molar-refractivity contribution in [2.75, 3.05) is 6.54 Å². The van der Waals surface area contributed by atoms with E-state index in [0.717, 1.165) is 11.8 Å². The quantitative estimate of drug-likeness (QED) is 0.889. The Morgan fingerprint density at radius 2 is 2.14 bits per heavy atom. The van der Waals surface area contributed by atoms with Crippen molar-refractivity contribution in [2.45, 2.75) is 19.4 Å². The van der Waals surface area contributed by atoms with Gasteiger partial charge in [-0.1, -0.05) is 17.7 Å². The second-order valence-electron chi connectivity index (χ2n) is 4.55. The molecule has 0 aliphatic carbocycles. The van der Waals surface area contributed by atoms with Crippen LogP contribution in [-0.2, 0) is 0 Å². The normalized spacial score (nSPS) is 11.2. The standard InChI is InChI=1S/C14H16ClN3O.2ClH/c1-9(16)4-6-18-14(19)12-8-11(15)7-10-3-2-5-17-13(10)12;;/h2-3,5,7-9H,4,6,16H2,1H3,(H,18,19);2*1H. The van der Waals surface area contributed by atoms with Crippen molar-refractivity contribution in [3.63, 3.8) is 0 Å². The summed E-state index contributed by atoms with van der Waals surface area (Å²) in [6, 6.07) is 7.19. The molecule has 1 heterocycles. The topological polar surface area (TPSA) is 68.0 Å². The van der Waals surface area contributed by atoms with Crippen LogP contribution in [0.5, 0.6) is 0 Å². The second kappa shape index (κ2) is 9.05. The molecule has 1 amide bonds. The number of halogens is 3. The molecule has 0 aliphatic rings. The number of amides is 1. The third kappa shape index (κ3) is 5.32. The average molecular weight is 351 g/mol. The van der Waals surface area contributed by atoms with Crippen LogP contribution in [0.1, 0.15) is 23.7 Å². The van der Waals surface area contributed by atoms with Crippen LogP contribution in [0.25, 0.3) is 10.9 Å². The van der Waals surface area contributed by atoms with Crippen LogP contribution in [0.3, 0.4) is 0 Å². The van der Waals surface area contributed by atoms with Crippen LogP contribution in [-0.4, -0.2) is 23.5 Å². The Morgan fingerprint density at radius 3 is 2.81 bits per heavy atom. The number of nitrogens with zero attached hydrogens (tertiary/aromatic N) is 1. The van der Waals surface area contributed by atoms with E-state index in [1.807, 2.05) is 19.1 Å². The Morgan fingerprint density at radius 1 is 1.43 bits per heavy atom. The molecule has 0 saturated heterocycles. The number of nitrogens with two attached hydrogens (primary N) is 1. The summed E-state index contributed by atoms with van der Waals surface area (Å²) in [6.45, 7) is 2.44. The number of hydrogen-bond donors (Lipinski definition) is 2. The number of carbonyl (C=O) groups is 1. The van der Waals surface area contributed by atoms with E-state index < -0.39 is 0 Å². The van der Waals surface area contributed by atoms with E-state index in [0.29, 0.717) is 22.6 Å². The molecule has 0 saturated carbocycles. The summed E-state index contributed by atoms with van der Waals surface area (Å²) in [5, 5.41) is 4.21. The van der Waals surface area contributed by atoms with Crippen molar-refractivity contribution in [1.82, 2.24) is 10.3 Å². The van der Waals surface area contributed by atoms with Crippen LogP contribution < -0.4 is 11.1 Å². The van der Waals surface area contributed by atoms with Crippen molar-refractivity contribution >= 4 is 53.2 Å². The minimum atomic E-state index is -0.174. The number of carbonyl (C=O) groups excluding carboxylic acids is 1. The number of hydrogen-bond acceptors (Lipinski definition) is 3. The molecule has 0 bridgehead atoms. The molecule has 1 aromatic carbocycles. The van der Waals surface area contributed by atoms with E-state index in [2.05, 4.69) is 10.3 Å². The number of aromatic nitrogens is 1. The lowest BCUT2D eigenvalue weighted by Gasteiger charge is -2.09. The monoisotopic (exact) mass is 349 g/mol. The van der Waals surface area contributed by atoms with Crippen molar-refractivity contribution in [1.29, 1.82) is 0 Å². The van der Waals surface area contributed by atoms with E-state index in [9.17, 15) is 4.79 Å². The molecule has 116 valence electrons. The smallest absolute Gasteiger partial charge is 0.253 e. The van der Waals surface area contributed by atoms with E-state index in [4.69, 9.17) is 17.3 Å². The number of pyridine rings is 1. The molecule has 0 fully saturated rings. The van der Waals surface area contributed by atoms with Gasteiger partial charge in [-0.15, -0.1) is 24.8 Å². The fourth-order valence-electron chi connectivity index (χ4n) is 1.84.